The summed E-state index contributed by atoms with van der Waals surface area (Å²) in [6.45, 7) is 1.85. The average Bonchev–Trinajstić information content (AvgIpc) is 2.95. The van der Waals surface area contributed by atoms with Gasteiger partial charge in [-0.1, -0.05) is 18.2 Å². The third-order valence-corrected chi connectivity index (χ3v) is 5.09. The van der Waals surface area contributed by atoms with Crippen LogP contribution in [0.3, 0.4) is 0 Å². The topological polar surface area (TPSA) is 62.5 Å². The number of thiophene rings is 1. The van der Waals surface area contributed by atoms with Gasteiger partial charge >= 0.3 is 17.1 Å². The van der Waals surface area contributed by atoms with E-state index in [9.17, 15) is 14.7 Å². The zero-order chi connectivity index (χ0) is 16.7. The molecule has 0 aliphatic rings. The third-order valence-electron chi connectivity index (χ3n) is 3.91. The molecule has 2 heterocycles. The standard InChI is InChI=1S/C17H16N2O3S.Cu/c1-10-9-23-17-12(10)14(20)13(16(22)19(17)3)15(21)18(2)11-7-5-4-6-8-11;/h4-9,20H,1-3H3;/q;+2. The molecular formula is C17H16CuN2O3S+2. The molecule has 1 radical (unpaired) electrons. The third kappa shape index (κ3) is 2.75. The van der Waals surface area contributed by atoms with Crippen LogP contribution in [0.5, 0.6) is 5.75 Å². The van der Waals surface area contributed by atoms with Crippen LogP contribution in [0.4, 0.5) is 5.69 Å². The molecule has 3 rings (SSSR count). The van der Waals surface area contributed by atoms with Crippen LogP contribution in [0.15, 0.2) is 40.5 Å². The first-order valence-electron chi connectivity index (χ1n) is 7.06. The minimum absolute atomic E-state index is 0. The van der Waals surface area contributed by atoms with Crippen molar-refractivity contribution in [3.05, 3.63) is 57.2 Å². The molecule has 0 spiro atoms. The van der Waals surface area contributed by atoms with Crippen LogP contribution >= 0.6 is 11.3 Å². The van der Waals surface area contributed by atoms with Gasteiger partial charge in [-0.2, -0.15) is 0 Å². The molecule has 0 aliphatic carbocycles. The van der Waals surface area contributed by atoms with Crippen molar-refractivity contribution in [2.24, 2.45) is 7.05 Å². The van der Waals surface area contributed by atoms with E-state index in [1.807, 2.05) is 30.5 Å². The summed E-state index contributed by atoms with van der Waals surface area (Å²) in [5, 5.41) is 13.0. The smallest absolute Gasteiger partial charge is 0.506 e. The number of aromatic nitrogens is 1. The summed E-state index contributed by atoms with van der Waals surface area (Å²) in [5.74, 6) is -0.767. The zero-order valence-electron chi connectivity index (χ0n) is 13.3. The van der Waals surface area contributed by atoms with Crippen molar-refractivity contribution < 1.29 is 27.0 Å². The summed E-state index contributed by atoms with van der Waals surface area (Å²) in [6.07, 6.45) is 0. The number of hydrogen-bond acceptors (Lipinski definition) is 4. The Kier molecular flexibility index (Phi) is 5.18. The molecule has 1 aromatic carbocycles. The molecule has 1 N–H and O–H groups in total. The molecule has 0 saturated heterocycles. The molecule has 2 aromatic heterocycles. The predicted octanol–water partition coefficient (Wildman–Crippen LogP) is 2.89. The SMILES string of the molecule is Cc1csc2c1c(O)c(C(=O)N(C)c1ccccc1)c(=O)n2C.[Cu+2]. The number of anilines is 1. The summed E-state index contributed by atoms with van der Waals surface area (Å²) >= 11 is 1.37. The van der Waals surface area contributed by atoms with Gasteiger partial charge in [0, 0.05) is 19.8 Å². The number of fused-ring (bicyclic) bond motifs is 1. The van der Waals surface area contributed by atoms with Crippen LogP contribution < -0.4 is 10.5 Å². The van der Waals surface area contributed by atoms with Crippen LogP contribution in [0.2, 0.25) is 0 Å². The molecule has 3 aromatic rings. The van der Waals surface area contributed by atoms with E-state index in [1.165, 1.54) is 20.8 Å². The molecular weight excluding hydrogens is 376 g/mol. The second-order valence-corrected chi connectivity index (χ2v) is 6.24. The number of aromatic hydroxyl groups is 1. The Labute approximate surface area is 153 Å². The van der Waals surface area contributed by atoms with Crippen LogP contribution in [0.1, 0.15) is 15.9 Å². The van der Waals surface area contributed by atoms with Crippen molar-refractivity contribution in [3.63, 3.8) is 0 Å². The van der Waals surface area contributed by atoms with Gasteiger partial charge in [0.2, 0.25) is 0 Å². The molecule has 5 nitrogen and oxygen atoms in total. The maximum Gasteiger partial charge on any atom is 2.00 e. The van der Waals surface area contributed by atoms with Gasteiger partial charge in [-0.25, -0.2) is 0 Å². The second-order valence-electron chi connectivity index (χ2n) is 5.39. The van der Waals surface area contributed by atoms with E-state index >= 15 is 0 Å². The largest absolute Gasteiger partial charge is 2.00 e. The monoisotopic (exact) mass is 391 g/mol. The second kappa shape index (κ2) is 6.81. The normalized spacial score (nSPS) is 10.5. The fraction of sp³-hybridized carbons (Fsp3) is 0.176. The van der Waals surface area contributed by atoms with Gasteiger partial charge in [0.1, 0.15) is 16.1 Å². The Balaban J connectivity index is 0.00000208. The summed E-state index contributed by atoms with van der Waals surface area (Å²) < 4.78 is 1.42. The van der Waals surface area contributed by atoms with Gasteiger partial charge in [0.25, 0.3) is 11.5 Å². The van der Waals surface area contributed by atoms with Crippen LogP contribution in [0.25, 0.3) is 10.2 Å². The van der Waals surface area contributed by atoms with E-state index in [1.54, 1.807) is 26.2 Å². The molecule has 1 amide bonds. The summed E-state index contributed by atoms with van der Waals surface area (Å²) in [4.78, 5) is 27.3. The van der Waals surface area contributed by atoms with Gasteiger partial charge in [-0.3, -0.25) is 9.59 Å². The number of nitrogens with zero attached hydrogens (tertiary/aromatic N) is 2. The van der Waals surface area contributed by atoms with Gasteiger partial charge < -0.3 is 14.6 Å². The van der Waals surface area contributed by atoms with E-state index in [4.69, 9.17) is 0 Å². The molecule has 24 heavy (non-hydrogen) atoms. The Morgan fingerprint density at radius 3 is 2.50 bits per heavy atom. The summed E-state index contributed by atoms with van der Waals surface area (Å²) in [6, 6.07) is 9.01. The van der Waals surface area contributed by atoms with Crippen molar-refractivity contribution in [1.82, 2.24) is 4.57 Å². The quantitative estimate of drug-likeness (QED) is 0.683. The number of para-hydroxylation sites is 1. The molecule has 0 atom stereocenters. The minimum Gasteiger partial charge on any atom is -0.506 e. The van der Waals surface area contributed by atoms with Crippen LogP contribution in [-0.2, 0) is 24.1 Å². The number of rotatable bonds is 2. The fourth-order valence-corrected chi connectivity index (χ4v) is 3.60. The predicted molar refractivity (Wildman–Crippen MR) is 92.6 cm³/mol. The van der Waals surface area contributed by atoms with Crippen LogP contribution in [0, 0.1) is 6.92 Å². The first-order chi connectivity index (χ1) is 10.9. The minimum atomic E-state index is -0.526. The molecule has 0 aliphatic heterocycles. The Morgan fingerprint density at radius 1 is 1.25 bits per heavy atom. The van der Waals surface area contributed by atoms with Crippen molar-refractivity contribution in [2.75, 3.05) is 11.9 Å². The van der Waals surface area contributed by atoms with Crippen molar-refractivity contribution in [1.29, 1.82) is 0 Å². The Bertz CT molecular complexity index is 963. The number of amides is 1. The zero-order valence-corrected chi connectivity index (χ0v) is 15.1. The number of benzene rings is 1. The molecule has 0 unspecified atom stereocenters. The van der Waals surface area contributed by atoms with E-state index in [-0.39, 0.29) is 28.4 Å². The Hall–Kier alpha value is -2.08. The maximum absolute atomic E-state index is 12.8. The van der Waals surface area contributed by atoms with Gasteiger partial charge in [-0.15, -0.1) is 11.3 Å². The summed E-state index contributed by atoms with van der Waals surface area (Å²) in [5.41, 5.74) is 0.799. The van der Waals surface area contributed by atoms with Gasteiger partial charge in [0.05, 0.1) is 5.39 Å². The van der Waals surface area contributed by atoms with Crippen molar-refractivity contribution >= 4 is 33.1 Å². The molecule has 0 saturated carbocycles. The number of carbonyl (C=O) groups is 1. The van der Waals surface area contributed by atoms with Gasteiger partial charge in [0.15, 0.2) is 0 Å². The van der Waals surface area contributed by atoms with Gasteiger partial charge in [-0.05, 0) is 30.0 Å². The first kappa shape index (κ1) is 18.3. The van der Waals surface area contributed by atoms with E-state index in [0.29, 0.717) is 15.9 Å². The number of aryl methyl sites for hydroxylation is 2. The molecule has 0 fully saturated rings. The van der Waals surface area contributed by atoms with E-state index in [2.05, 4.69) is 0 Å². The molecule has 7 heteroatoms. The van der Waals surface area contributed by atoms with Crippen LogP contribution in [-0.4, -0.2) is 22.6 Å². The summed E-state index contributed by atoms with van der Waals surface area (Å²) in [7, 11) is 3.20. The van der Waals surface area contributed by atoms with Crippen molar-refractivity contribution in [3.8, 4) is 5.75 Å². The maximum atomic E-state index is 12.8. The Morgan fingerprint density at radius 2 is 1.88 bits per heavy atom. The average molecular weight is 392 g/mol. The van der Waals surface area contributed by atoms with E-state index < -0.39 is 11.5 Å². The number of carbonyl (C=O) groups excluding carboxylic acids is 1. The number of pyridine rings is 1. The molecule has 0 bridgehead atoms. The van der Waals surface area contributed by atoms with Crippen molar-refractivity contribution in [2.45, 2.75) is 6.92 Å². The first-order valence-corrected chi connectivity index (χ1v) is 7.94. The number of hydrogen-bond donors (Lipinski definition) is 1. The molecule has 127 valence electrons. The fourth-order valence-electron chi connectivity index (χ4n) is 2.58. The van der Waals surface area contributed by atoms with E-state index in [0.717, 1.165) is 5.56 Å².